The molecule has 0 radical (unpaired) electrons. The predicted octanol–water partition coefficient (Wildman–Crippen LogP) is 3.25. The summed E-state index contributed by atoms with van der Waals surface area (Å²) in [7, 11) is 0. The average Bonchev–Trinajstić information content (AvgIpc) is 2.43. The fourth-order valence-corrected chi connectivity index (χ4v) is 3.16. The van der Waals surface area contributed by atoms with Gasteiger partial charge in [0.25, 0.3) is 0 Å². The summed E-state index contributed by atoms with van der Waals surface area (Å²) in [6.07, 6.45) is 5.45. The maximum atomic E-state index is 10.1. The molecule has 0 saturated heterocycles. The molecule has 0 bridgehead atoms. The van der Waals surface area contributed by atoms with E-state index in [1.165, 1.54) is 12.0 Å². The van der Waals surface area contributed by atoms with Gasteiger partial charge in [-0.05, 0) is 63.3 Å². The second kappa shape index (κ2) is 5.35. The Morgan fingerprint density at radius 1 is 1.38 bits per heavy atom. The Bertz CT molecular complexity index is 588. The zero-order chi connectivity index (χ0) is 15.0. The van der Waals surface area contributed by atoms with Crippen LogP contribution in [-0.2, 0) is 4.84 Å². The van der Waals surface area contributed by atoms with Crippen LogP contribution in [0.4, 0.5) is 0 Å². The van der Waals surface area contributed by atoms with Crippen LogP contribution in [0, 0.1) is 13.8 Å². The van der Waals surface area contributed by atoms with Gasteiger partial charge in [-0.25, -0.2) is 0 Å². The first-order valence-corrected chi connectivity index (χ1v) is 7.65. The standard InChI is InChI=1S/C17H23NO3/c1-4-20-18-10-13-9-14-12(3)16(19)11(2)8-15(14)21-17(13)6-5-7-17/h8-9,18-19H,4-7,10H2,1-3H3. The third-order valence-electron chi connectivity index (χ3n) is 4.63. The van der Waals surface area contributed by atoms with Crippen LogP contribution in [0.1, 0.15) is 42.9 Å². The molecule has 3 rings (SSSR count). The first kappa shape index (κ1) is 14.4. The van der Waals surface area contributed by atoms with Gasteiger partial charge in [0, 0.05) is 17.7 Å². The zero-order valence-electron chi connectivity index (χ0n) is 13.0. The molecule has 0 aromatic heterocycles. The van der Waals surface area contributed by atoms with Crippen LogP contribution < -0.4 is 10.2 Å². The summed E-state index contributed by atoms with van der Waals surface area (Å²) in [5, 5.41) is 10.1. The molecule has 1 fully saturated rings. The predicted molar refractivity (Wildman–Crippen MR) is 82.4 cm³/mol. The van der Waals surface area contributed by atoms with E-state index in [0.717, 1.165) is 35.3 Å². The molecule has 1 aromatic rings. The summed E-state index contributed by atoms with van der Waals surface area (Å²) in [6, 6.07) is 1.95. The van der Waals surface area contributed by atoms with E-state index in [1.54, 1.807) is 0 Å². The number of ether oxygens (including phenoxy) is 1. The molecule has 0 atom stereocenters. The molecule has 1 spiro atoms. The minimum Gasteiger partial charge on any atom is -0.507 e. The Hall–Kier alpha value is -1.52. The molecule has 4 heteroatoms. The second-order valence-corrected chi connectivity index (χ2v) is 5.95. The van der Waals surface area contributed by atoms with Crippen molar-refractivity contribution >= 4 is 6.08 Å². The quantitative estimate of drug-likeness (QED) is 0.660. The first-order chi connectivity index (χ1) is 10.1. The van der Waals surface area contributed by atoms with Crippen LogP contribution in [0.25, 0.3) is 6.08 Å². The third kappa shape index (κ3) is 2.32. The van der Waals surface area contributed by atoms with E-state index in [9.17, 15) is 5.11 Å². The number of aromatic hydroxyl groups is 1. The number of aryl methyl sites for hydroxylation is 1. The lowest BCUT2D eigenvalue weighted by molar-refractivity contribution is 0.00828. The Morgan fingerprint density at radius 2 is 2.14 bits per heavy atom. The zero-order valence-corrected chi connectivity index (χ0v) is 13.0. The topological polar surface area (TPSA) is 50.7 Å². The Labute approximate surface area is 125 Å². The molecule has 1 aromatic carbocycles. The van der Waals surface area contributed by atoms with Crippen molar-refractivity contribution in [1.29, 1.82) is 0 Å². The maximum absolute atomic E-state index is 10.1. The highest BCUT2D eigenvalue weighted by Crippen LogP contribution is 2.49. The van der Waals surface area contributed by atoms with E-state index < -0.39 is 0 Å². The van der Waals surface area contributed by atoms with Crippen molar-refractivity contribution in [3.63, 3.8) is 0 Å². The summed E-state index contributed by atoms with van der Waals surface area (Å²) in [5.74, 6) is 1.25. The van der Waals surface area contributed by atoms with Gasteiger partial charge < -0.3 is 14.7 Å². The van der Waals surface area contributed by atoms with Crippen LogP contribution in [0.15, 0.2) is 11.6 Å². The molecule has 21 heavy (non-hydrogen) atoms. The van der Waals surface area contributed by atoms with Gasteiger partial charge in [-0.3, -0.25) is 0 Å². The van der Waals surface area contributed by atoms with E-state index >= 15 is 0 Å². The molecule has 0 unspecified atom stereocenters. The van der Waals surface area contributed by atoms with E-state index in [-0.39, 0.29) is 5.60 Å². The van der Waals surface area contributed by atoms with E-state index in [0.29, 0.717) is 18.9 Å². The molecular formula is C17H23NO3. The Balaban J connectivity index is 1.99. The number of phenols is 1. The molecular weight excluding hydrogens is 266 g/mol. The average molecular weight is 289 g/mol. The summed E-state index contributed by atoms with van der Waals surface area (Å²) < 4.78 is 6.34. The molecule has 1 aliphatic carbocycles. The SMILES string of the molecule is CCONCC1=Cc2c(cc(C)c(O)c2C)OC12CCC2. The maximum Gasteiger partial charge on any atom is 0.132 e. The smallest absolute Gasteiger partial charge is 0.132 e. The van der Waals surface area contributed by atoms with Gasteiger partial charge in [0.2, 0.25) is 0 Å². The van der Waals surface area contributed by atoms with Crippen molar-refractivity contribution in [3.05, 3.63) is 28.3 Å². The van der Waals surface area contributed by atoms with Crippen LogP contribution in [0.3, 0.4) is 0 Å². The first-order valence-electron chi connectivity index (χ1n) is 7.65. The molecule has 1 heterocycles. The van der Waals surface area contributed by atoms with Crippen molar-refractivity contribution in [3.8, 4) is 11.5 Å². The second-order valence-electron chi connectivity index (χ2n) is 5.95. The van der Waals surface area contributed by atoms with Gasteiger partial charge in [-0.2, -0.15) is 5.48 Å². The number of nitrogens with one attached hydrogen (secondary N) is 1. The third-order valence-corrected chi connectivity index (χ3v) is 4.63. The lowest BCUT2D eigenvalue weighted by Gasteiger charge is -2.46. The lowest BCUT2D eigenvalue weighted by atomic mass is 9.72. The molecule has 1 aliphatic heterocycles. The molecule has 4 nitrogen and oxygen atoms in total. The van der Waals surface area contributed by atoms with Crippen molar-refractivity contribution in [2.24, 2.45) is 0 Å². The monoisotopic (exact) mass is 289 g/mol. The van der Waals surface area contributed by atoms with E-state index in [2.05, 4.69) is 11.6 Å². The highest BCUT2D eigenvalue weighted by atomic mass is 16.6. The number of phenolic OH excluding ortho intramolecular Hbond substituents is 1. The summed E-state index contributed by atoms with van der Waals surface area (Å²) >= 11 is 0. The largest absolute Gasteiger partial charge is 0.507 e. The van der Waals surface area contributed by atoms with E-state index in [1.807, 2.05) is 26.8 Å². The number of hydroxylamine groups is 1. The highest BCUT2D eigenvalue weighted by Gasteiger charge is 2.45. The lowest BCUT2D eigenvalue weighted by Crippen LogP contribution is -2.49. The van der Waals surface area contributed by atoms with Gasteiger partial charge in [0.15, 0.2) is 0 Å². The van der Waals surface area contributed by atoms with Crippen molar-refractivity contribution in [2.75, 3.05) is 13.2 Å². The van der Waals surface area contributed by atoms with Gasteiger partial charge in [0.1, 0.15) is 17.1 Å². The molecule has 0 amide bonds. The number of fused-ring (bicyclic) bond motifs is 1. The van der Waals surface area contributed by atoms with Crippen molar-refractivity contribution in [1.82, 2.24) is 5.48 Å². The summed E-state index contributed by atoms with van der Waals surface area (Å²) in [5.41, 5.74) is 6.77. The number of hydrogen-bond donors (Lipinski definition) is 2. The fourth-order valence-electron chi connectivity index (χ4n) is 3.16. The van der Waals surface area contributed by atoms with Gasteiger partial charge in [-0.15, -0.1) is 0 Å². The minimum atomic E-state index is -0.174. The molecule has 1 saturated carbocycles. The van der Waals surface area contributed by atoms with Gasteiger partial charge in [0.05, 0.1) is 6.61 Å². The summed E-state index contributed by atoms with van der Waals surface area (Å²) in [4.78, 5) is 5.26. The van der Waals surface area contributed by atoms with Crippen molar-refractivity contribution < 1.29 is 14.7 Å². The number of benzene rings is 1. The molecule has 2 N–H and O–H groups in total. The van der Waals surface area contributed by atoms with Crippen LogP contribution >= 0.6 is 0 Å². The molecule has 2 aliphatic rings. The van der Waals surface area contributed by atoms with Crippen LogP contribution in [0.5, 0.6) is 11.5 Å². The van der Waals surface area contributed by atoms with Crippen molar-refractivity contribution in [2.45, 2.75) is 45.6 Å². The fraction of sp³-hybridized carbons (Fsp3) is 0.529. The number of hydrogen-bond acceptors (Lipinski definition) is 4. The van der Waals surface area contributed by atoms with Gasteiger partial charge in [-0.1, -0.05) is 0 Å². The van der Waals surface area contributed by atoms with Crippen LogP contribution in [0.2, 0.25) is 0 Å². The Morgan fingerprint density at radius 3 is 2.76 bits per heavy atom. The van der Waals surface area contributed by atoms with Crippen LogP contribution in [-0.4, -0.2) is 23.9 Å². The summed E-state index contributed by atoms with van der Waals surface area (Å²) in [6.45, 7) is 7.10. The number of rotatable bonds is 4. The molecule has 114 valence electrons. The highest BCUT2D eigenvalue weighted by molar-refractivity contribution is 5.71. The Kier molecular flexibility index (Phi) is 3.68. The van der Waals surface area contributed by atoms with Gasteiger partial charge >= 0.3 is 0 Å². The normalized spacial score (nSPS) is 18.7. The van der Waals surface area contributed by atoms with E-state index in [4.69, 9.17) is 9.57 Å². The minimum absolute atomic E-state index is 0.174.